The molecule has 104 valence electrons. The molecule has 4 N–H and O–H groups in total. The van der Waals surface area contributed by atoms with Crippen LogP contribution in [-0.2, 0) is 14.4 Å². The van der Waals surface area contributed by atoms with Gasteiger partial charge in [0.15, 0.2) is 0 Å². The Bertz CT molecular complexity index is 257. The lowest BCUT2D eigenvalue weighted by Crippen LogP contribution is -2.28. The van der Waals surface area contributed by atoms with Gasteiger partial charge in [-0.3, -0.25) is 9.59 Å². The molecule has 0 fully saturated rings. The first kappa shape index (κ1) is 16.6. The third-order valence-electron chi connectivity index (χ3n) is 2.33. The first-order valence-electron chi connectivity index (χ1n) is 6.37. The molecule has 0 unspecified atom stereocenters. The average Bonchev–Trinajstić information content (AvgIpc) is 2.37. The minimum atomic E-state index is -0.0443. The van der Waals surface area contributed by atoms with Gasteiger partial charge >= 0.3 is 0 Å². The van der Waals surface area contributed by atoms with Crippen LogP contribution in [0.5, 0.6) is 0 Å². The van der Waals surface area contributed by atoms with Crippen LogP contribution in [0.4, 0.5) is 0 Å². The number of nitrogens with two attached hydrogens (primary N) is 1. The van der Waals surface area contributed by atoms with Gasteiger partial charge in [-0.15, -0.1) is 0 Å². The van der Waals surface area contributed by atoms with Crippen molar-refractivity contribution in [3.05, 3.63) is 0 Å². The molecule has 0 aromatic carbocycles. The summed E-state index contributed by atoms with van der Waals surface area (Å²) < 4.78 is 0. The fourth-order valence-corrected chi connectivity index (χ4v) is 1.33. The first-order valence-corrected chi connectivity index (χ1v) is 6.37. The minimum absolute atomic E-state index is 0.0214. The molecule has 0 radical (unpaired) electrons. The Balaban J connectivity index is 3.34. The third-order valence-corrected chi connectivity index (χ3v) is 2.33. The highest BCUT2D eigenvalue weighted by molar-refractivity contribution is 5.77. The normalized spacial score (nSPS) is 9.83. The number of carbonyl (C=O) groups is 3. The second kappa shape index (κ2) is 12.0. The topological polar surface area (TPSA) is 101 Å². The molecule has 0 heterocycles. The number of rotatable bonds is 11. The van der Waals surface area contributed by atoms with Crippen molar-refractivity contribution in [3.8, 4) is 0 Å². The summed E-state index contributed by atoms with van der Waals surface area (Å²) in [6, 6.07) is 0. The minimum Gasteiger partial charge on any atom is -0.356 e. The van der Waals surface area contributed by atoms with Crippen molar-refractivity contribution in [1.29, 1.82) is 0 Å². The van der Waals surface area contributed by atoms with Crippen LogP contribution in [0.15, 0.2) is 0 Å². The zero-order valence-electron chi connectivity index (χ0n) is 10.7. The van der Waals surface area contributed by atoms with Crippen LogP contribution in [-0.4, -0.2) is 37.7 Å². The molecule has 0 spiro atoms. The van der Waals surface area contributed by atoms with E-state index in [2.05, 4.69) is 10.6 Å². The van der Waals surface area contributed by atoms with E-state index >= 15 is 0 Å². The maximum absolute atomic E-state index is 11.3. The summed E-state index contributed by atoms with van der Waals surface area (Å²) in [7, 11) is 0. The van der Waals surface area contributed by atoms with Gasteiger partial charge < -0.3 is 21.2 Å². The zero-order chi connectivity index (χ0) is 13.6. The number of nitrogens with one attached hydrogen (secondary N) is 2. The van der Waals surface area contributed by atoms with Crippen LogP contribution >= 0.6 is 0 Å². The lowest BCUT2D eigenvalue weighted by Gasteiger charge is -2.05. The molecular weight excluding hydrogens is 234 g/mol. The van der Waals surface area contributed by atoms with E-state index < -0.39 is 0 Å². The van der Waals surface area contributed by atoms with Gasteiger partial charge in [-0.05, 0) is 25.8 Å². The Hall–Kier alpha value is -1.43. The van der Waals surface area contributed by atoms with Gasteiger partial charge in [0.2, 0.25) is 11.8 Å². The molecule has 2 amide bonds. The Labute approximate surface area is 108 Å². The van der Waals surface area contributed by atoms with Crippen molar-refractivity contribution < 1.29 is 14.4 Å². The summed E-state index contributed by atoms with van der Waals surface area (Å²) in [5.74, 6) is -0.0658. The highest BCUT2D eigenvalue weighted by Crippen LogP contribution is 1.90. The van der Waals surface area contributed by atoms with E-state index in [1.165, 1.54) is 0 Å². The van der Waals surface area contributed by atoms with Crippen molar-refractivity contribution in [2.24, 2.45) is 5.73 Å². The molecule has 0 rings (SSSR count). The number of aldehydes is 1. The van der Waals surface area contributed by atoms with E-state index in [-0.39, 0.29) is 11.8 Å². The average molecular weight is 257 g/mol. The molecule has 0 aliphatic carbocycles. The number of hydrogen-bond acceptors (Lipinski definition) is 4. The number of unbranched alkanes of at least 4 members (excludes halogenated alkanes) is 1. The maximum Gasteiger partial charge on any atom is 0.220 e. The van der Waals surface area contributed by atoms with Crippen LogP contribution in [0.1, 0.15) is 38.5 Å². The molecule has 0 saturated heterocycles. The van der Waals surface area contributed by atoms with Gasteiger partial charge in [-0.25, -0.2) is 0 Å². The van der Waals surface area contributed by atoms with Crippen LogP contribution in [0.2, 0.25) is 0 Å². The highest BCUT2D eigenvalue weighted by Gasteiger charge is 2.02. The Kier molecular flexibility index (Phi) is 11.1. The van der Waals surface area contributed by atoms with Gasteiger partial charge in [0.05, 0.1) is 0 Å². The van der Waals surface area contributed by atoms with E-state index in [0.29, 0.717) is 58.2 Å². The fraction of sp³-hybridized carbons (Fsp3) is 0.750. The molecule has 0 atom stereocenters. The highest BCUT2D eigenvalue weighted by atomic mass is 16.2. The summed E-state index contributed by atoms with van der Waals surface area (Å²) in [4.78, 5) is 32.5. The standard InChI is InChI=1S/C12H23N3O3/c13-7-3-5-11(17)15-9-4-6-12(18)14-8-1-2-10-16/h10H,1-9,13H2,(H,14,18)(H,15,17). The molecule has 0 aliphatic heterocycles. The van der Waals surface area contributed by atoms with Crippen molar-refractivity contribution in [3.63, 3.8) is 0 Å². The van der Waals surface area contributed by atoms with Crippen molar-refractivity contribution in [2.75, 3.05) is 19.6 Å². The molecule has 0 aliphatic rings. The summed E-state index contributed by atoms with van der Waals surface area (Å²) in [5, 5.41) is 5.44. The molecule has 0 saturated carbocycles. The summed E-state index contributed by atoms with van der Waals surface area (Å²) in [6.45, 7) is 1.54. The van der Waals surface area contributed by atoms with Gasteiger partial charge in [0.1, 0.15) is 6.29 Å². The zero-order valence-corrected chi connectivity index (χ0v) is 10.7. The fourth-order valence-electron chi connectivity index (χ4n) is 1.33. The number of amides is 2. The van der Waals surface area contributed by atoms with Crippen LogP contribution in [0.25, 0.3) is 0 Å². The van der Waals surface area contributed by atoms with Crippen LogP contribution < -0.4 is 16.4 Å². The molecule has 6 nitrogen and oxygen atoms in total. The monoisotopic (exact) mass is 257 g/mol. The SMILES string of the molecule is NCCCC(=O)NCCCC(=O)NCCCC=O. The van der Waals surface area contributed by atoms with Gasteiger partial charge in [0, 0.05) is 32.4 Å². The Morgan fingerprint density at radius 2 is 1.50 bits per heavy atom. The summed E-state index contributed by atoms with van der Waals surface area (Å²) >= 11 is 0. The second-order valence-electron chi connectivity index (χ2n) is 4.00. The predicted molar refractivity (Wildman–Crippen MR) is 68.8 cm³/mol. The molecule has 0 bridgehead atoms. The Morgan fingerprint density at radius 1 is 0.944 bits per heavy atom. The molecule has 0 aromatic heterocycles. The van der Waals surface area contributed by atoms with E-state index in [0.717, 1.165) is 6.29 Å². The van der Waals surface area contributed by atoms with E-state index in [1.807, 2.05) is 0 Å². The maximum atomic E-state index is 11.3. The largest absolute Gasteiger partial charge is 0.356 e. The molecule has 18 heavy (non-hydrogen) atoms. The molecule has 6 heteroatoms. The quantitative estimate of drug-likeness (QED) is 0.350. The lowest BCUT2D eigenvalue weighted by molar-refractivity contribution is -0.123. The first-order chi connectivity index (χ1) is 8.70. The predicted octanol–water partition coefficient (Wildman–Crippen LogP) is -0.283. The van der Waals surface area contributed by atoms with E-state index in [4.69, 9.17) is 5.73 Å². The van der Waals surface area contributed by atoms with E-state index in [1.54, 1.807) is 0 Å². The van der Waals surface area contributed by atoms with Crippen molar-refractivity contribution in [2.45, 2.75) is 38.5 Å². The van der Waals surface area contributed by atoms with Crippen LogP contribution in [0.3, 0.4) is 0 Å². The van der Waals surface area contributed by atoms with Gasteiger partial charge in [-0.2, -0.15) is 0 Å². The third kappa shape index (κ3) is 11.1. The molecule has 0 aromatic rings. The van der Waals surface area contributed by atoms with E-state index in [9.17, 15) is 14.4 Å². The Morgan fingerprint density at radius 3 is 2.06 bits per heavy atom. The number of hydrogen-bond donors (Lipinski definition) is 3. The van der Waals surface area contributed by atoms with Crippen LogP contribution in [0, 0.1) is 0 Å². The lowest BCUT2D eigenvalue weighted by atomic mass is 10.2. The van der Waals surface area contributed by atoms with Gasteiger partial charge in [-0.1, -0.05) is 0 Å². The smallest absolute Gasteiger partial charge is 0.220 e. The second-order valence-corrected chi connectivity index (χ2v) is 4.00. The summed E-state index contributed by atoms with van der Waals surface area (Å²) in [6.07, 6.45) is 4.11. The molecular formula is C12H23N3O3. The van der Waals surface area contributed by atoms with Crippen molar-refractivity contribution in [1.82, 2.24) is 10.6 Å². The van der Waals surface area contributed by atoms with Crippen molar-refractivity contribution >= 4 is 18.1 Å². The summed E-state index contributed by atoms with van der Waals surface area (Å²) in [5.41, 5.74) is 5.28. The number of carbonyl (C=O) groups excluding carboxylic acids is 3. The van der Waals surface area contributed by atoms with Gasteiger partial charge in [0.25, 0.3) is 0 Å².